The number of hydrogen-bond donors (Lipinski definition) is 1. The van der Waals surface area contributed by atoms with Crippen LogP contribution < -0.4 is 9.47 Å². The molecule has 1 amide bonds. The molecule has 2 aromatic carbocycles. The van der Waals surface area contributed by atoms with Crippen molar-refractivity contribution in [3.8, 4) is 11.5 Å². The molecule has 0 aliphatic carbocycles. The molecule has 7 heteroatoms. The Labute approximate surface area is 194 Å². The predicted octanol–water partition coefficient (Wildman–Crippen LogP) is 4.33. The number of aliphatic hydroxyl groups excluding tert-OH is 1. The summed E-state index contributed by atoms with van der Waals surface area (Å²) in [5, 5.41) is 11.2. The first-order valence-electron chi connectivity index (χ1n) is 11.2. The molecule has 0 radical (unpaired) electrons. The molecule has 1 fully saturated rings. The maximum atomic E-state index is 13.1. The van der Waals surface area contributed by atoms with Gasteiger partial charge in [-0.1, -0.05) is 37.6 Å². The molecule has 0 aromatic heterocycles. The molecule has 1 atom stereocenters. The molecule has 0 spiro atoms. The smallest absolute Gasteiger partial charge is 0.295 e. The van der Waals surface area contributed by atoms with Crippen LogP contribution in [0.1, 0.15) is 43.4 Å². The predicted molar refractivity (Wildman–Crippen MR) is 125 cm³/mol. The minimum atomic E-state index is -0.711. The number of Topliss-reactive ketones (excluding diaryl/α,β-unsaturated/α-hetero) is 1. The first kappa shape index (κ1) is 24.3. The van der Waals surface area contributed by atoms with E-state index in [0.29, 0.717) is 48.8 Å². The molecule has 3 rings (SSSR count). The molecule has 1 heterocycles. The highest BCUT2D eigenvalue weighted by Crippen LogP contribution is 2.40. The normalized spacial score (nSPS) is 17.4. The minimum absolute atomic E-state index is 0.0632. The Morgan fingerprint density at radius 3 is 2.42 bits per heavy atom. The summed E-state index contributed by atoms with van der Waals surface area (Å²) in [7, 11) is 3.16. The summed E-state index contributed by atoms with van der Waals surface area (Å²) in [5.41, 5.74) is 1.20. The van der Waals surface area contributed by atoms with Gasteiger partial charge in [0.2, 0.25) is 0 Å². The SMILES string of the molecule is CCCCOc1cccc(C(O)=C2C(=O)C(=O)N(CCCOC)C2c2ccc(OC)cc2)c1. The average Bonchev–Trinajstić information content (AvgIpc) is 3.09. The highest BCUT2D eigenvalue weighted by atomic mass is 16.5. The largest absolute Gasteiger partial charge is 0.507 e. The van der Waals surface area contributed by atoms with Crippen molar-refractivity contribution in [2.24, 2.45) is 0 Å². The second-order valence-corrected chi connectivity index (χ2v) is 7.84. The van der Waals surface area contributed by atoms with Gasteiger partial charge in [-0.2, -0.15) is 0 Å². The molecule has 0 saturated carbocycles. The van der Waals surface area contributed by atoms with E-state index >= 15 is 0 Å². The van der Waals surface area contributed by atoms with Crippen LogP contribution in [0.3, 0.4) is 0 Å². The van der Waals surface area contributed by atoms with Gasteiger partial charge in [0, 0.05) is 25.8 Å². The van der Waals surface area contributed by atoms with Gasteiger partial charge in [0.1, 0.15) is 17.3 Å². The van der Waals surface area contributed by atoms with Gasteiger partial charge >= 0.3 is 0 Å². The molecule has 2 aromatic rings. The summed E-state index contributed by atoms with van der Waals surface area (Å²) in [4.78, 5) is 27.5. The summed E-state index contributed by atoms with van der Waals surface area (Å²) >= 11 is 0. The van der Waals surface area contributed by atoms with Gasteiger partial charge in [0.25, 0.3) is 11.7 Å². The van der Waals surface area contributed by atoms with Gasteiger partial charge < -0.3 is 24.2 Å². The van der Waals surface area contributed by atoms with Crippen molar-refractivity contribution >= 4 is 17.4 Å². The third-order valence-electron chi connectivity index (χ3n) is 5.59. The van der Waals surface area contributed by atoms with Crippen LogP contribution in [-0.2, 0) is 14.3 Å². The van der Waals surface area contributed by atoms with Gasteiger partial charge in [0.15, 0.2) is 0 Å². The van der Waals surface area contributed by atoms with Crippen LogP contribution in [0, 0.1) is 0 Å². The number of likely N-dealkylation sites (tertiary alicyclic amines) is 1. The number of benzene rings is 2. The summed E-state index contributed by atoms with van der Waals surface area (Å²) < 4.78 is 16.1. The minimum Gasteiger partial charge on any atom is -0.507 e. The monoisotopic (exact) mass is 453 g/mol. The third-order valence-corrected chi connectivity index (χ3v) is 5.59. The maximum absolute atomic E-state index is 13.1. The first-order valence-corrected chi connectivity index (χ1v) is 11.2. The van der Waals surface area contributed by atoms with Crippen molar-refractivity contribution in [1.29, 1.82) is 0 Å². The van der Waals surface area contributed by atoms with Crippen LogP contribution in [-0.4, -0.2) is 55.7 Å². The number of ether oxygens (including phenoxy) is 3. The van der Waals surface area contributed by atoms with Crippen molar-refractivity contribution < 1.29 is 28.9 Å². The molecular weight excluding hydrogens is 422 g/mol. The Hall–Kier alpha value is -3.32. The Morgan fingerprint density at radius 1 is 1.00 bits per heavy atom. The molecule has 0 bridgehead atoms. The topological polar surface area (TPSA) is 85.3 Å². The van der Waals surface area contributed by atoms with E-state index in [0.717, 1.165) is 12.8 Å². The number of rotatable bonds is 11. The Kier molecular flexibility index (Phi) is 8.49. The molecule has 1 saturated heterocycles. The molecule has 1 N–H and O–H groups in total. The highest BCUT2D eigenvalue weighted by molar-refractivity contribution is 6.46. The zero-order chi connectivity index (χ0) is 23.8. The van der Waals surface area contributed by atoms with Gasteiger partial charge in [0.05, 0.1) is 25.3 Å². The molecular formula is C26H31NO6. The van der Waals surface area contributed by atoms with E-state index in [9.17, 15) is 14.7 Å². The number of aliphatic hydroxyl groups is 1. The number of carbonyl (C=O) groups excluding carboxylic acids is 2. The van der Waals surface area contributed by atoms with Gasteiger partial charge in [-0.3, -0.25) is 9.59 Å². The van der Waals surface area contributed by atoms with E-state index in [1.54, 1.807) is 62.8 Å². The van der Waals surface area contributed by atoms with E-state index < -0.39 is 17.7 Å². The number of hydrogen-bond acceptors (Lipinski definition) is 6. The average molecular weight is 454 g/mol. The van der Waals surface area contributed by atoms with Crippen LogP contribution >= 0.6 is 0 Å². The first-order chi connectivity index (χ1) is 16.0. The van der Waals surface area contributed by atoms with Crippen LogP contribution in [0.15, 0.2) is 54.1 Å². The summed E-state index contributed by atoms with van der Waals surface area (Å²) in [6.07, 6.45) is 2.49. The lowest BCUT2D eigenvalue weighted by molar-refractivity contribution is -0.140. The van der Waals surface area contributed by atoms with Crippen LogP contribution in [0.25, 0.3) is 5.76 Å². The molecule has 1 aliphatic heterocycles. The van der Waals surface area contributed by atoms with Gasteiger partial charge in [-0.05, 0) is 42.7 Å². The van der Waals surface area contributed by atoms with Crippen molar-refractivity contribution in [2.45, 2.75) is 32.2 Å². The second kappa shape index (κ2) is 11.5. The van der Waals surface area contributed by atoms with Gasteiger partial charge in [-0.15, -0.1) is 0 Å². The zero-order valence-electron chi connectivity index (χ0n) is 19.4. The Bertz CT molecular complexity index is 998. The maximum Gasteiger partial charge on any atom is 0.295 e. The summed E-state index contributed by atoms with van der Waals surface area (Å²) in [6, 6.07) is 13.4. The van der Waals surface area contributed by atoms with Crippen LogP contribution in [0.5, 0.6) is 11.5 Å². The Morgan fingerprint density at radius 2 is 1.76 bits per heavy atom. The number of amides is 1. The number of unbranched alkanes of at least 4 members (excludes halogenated alkanes) is 1. The highest BCUT2D eigenvalue weighted by Gasteiger charge is 2.45. The zero-order valence-corrected chi connectivity index (χ0v) is 19.4. The fourth-order valence-electron chi connectivity index (χ4n) is 3.85. The van der Waals surface area contributed by atoms with E-state index in [1.165, 1.54) is 4.90 Å². The number of ketones is 1. The number of nitrogens with zero attached hydrogens (tertiary/aromatic N) is 1. The van der Waals surface area contributed by atoms with E-state index in [1.807, 2.05) is 0 Å². The van der Waals surface area contributed by atoms with E-state index in [2.05, 4.69) is 6.92 Å². The third kappa shape index (κ3) is 5.54. The standard InChI is InChI=1S/C26H31NO6/c1-4-5-16-33-21-9-6-8-19(17-21)24(28)22-23(18-10-12-20(32-3)13-11-18)27(14-7-15-31-2)26(30)25(22)29/h6,8-13,17,23,28H,4-5,7,14-16H2,1-3H3. The fourth-order valence-corrected chi connectivity index (χ4v) is 3.85. The molecule has 7 nitrogen and oxygen atoms in total. The molecule has 33 heavy (non-hydrogen) atoms. The van der Waals surface area contributed by atoms with Gasteiger partial charge in [-0.25, -0.2) is 0 Å². The van der Waals surface area contributed by atoms with E-state index in [-0.39, 0.29) is 11.3 Å². The molecule has 176 valence electrons. The van der Waals surface area contributed by atoms with Crippen molar-refractivity contribution in [2.75, 3.05) is 34.0 Å². The quantitative estimate of drug-likeness (QED) is 0.236. The fraction of sp³-hybridized carbons (Fsp3) is 0.385. The molecule has 1 unspecified atom stereocenters. The Balaban J connectivity index is 2.03. The van der Waals surface area contributed by atoms with Crippen molar-refractivity contribution in [3.63, 3.8) is 0 Å². The lowest BCUT2D eigenvalue weighted by atomic mass is 9.95. The molecule has 1 aliphatic rings. The number of methoxy groups -OCH3 is 2. The lowest BCUT2D eigenvalue weighted by Crippen LogP contribution is -2.31. The van der Waals surface area contributed by atoms with Crippen LogP contribution in [0.2, 0.25) is 0 Å². The lowest BCUT2D eigenvalue weighted by Gasteiger charge is -2.25. The van der Waals surface area contributed by atoms with E-state index in [4.69, 9.17) is 14.2 Å². The van der Waals surface area contributed by atoms with Crippen LogP contribution in [0.4, 0.5) is 0 Å². The number of carbonyl (C=O) groups is 2. The van der Waals surface area contributed by atoms with Crippen molar-refractivity contribution in [3.05, 3.63) is 65.2 Å². The van der Waals surface area contributed by atoms with Crippen molar-refractivity contribution in [1.82, 2.24) is 4.90 Å². The summed E-state index contributed by atoms with van der Waals surface area (Å²) in [6.45, 7) is 3.43. The second-order valence-electron chi connectivity index (χ2n) is 7.84. The summed E-state index contributed by atoms with van der Waals surface area (Å²) in [5.74, 6) is -0.300.